The molecule has 4 heteroatoms. The van der Waals surface area contributed by atoms with Crippen molar-refractivity contribution in [3.63, 3.8) is 0 Å². The smallest absolute Gasteiger partial charge is 0.305 e. The largest absolute Gasteiger partial charge is 0.464 e. The van der Waals surface area contributed by atoms with Gasteiger partial charge in [-0.2, -0.15) is 0 Å². The summed E-state index contributed by atoms with van der Waals surface area (Å²) in [5.41, 5.74) is 3.57. The summed E-state index contributed by atoms with van der Waals surface area (Å²) in [6.07, 6.45) is 29.0. The Balaban J connectivity index is 1.55. The summed E-state index contributed by atoms with van der Waals surface area (Å²) in [7, 11) is 0. The number of esters is 1. The second-order valence-corrected chi connectivity index (χ2v) is 10.8. The van der Waals surface area contributed by atoms with E-state index in [1.165, 1.54) is 11.1 Å². The quantitative estimate of drug-likeness (QED) is 0.0726. The van der Waals surface area contributed by atoms with E-state index in [-0.39, 0.29) is 12.1 Å². The van der Waals surface area contributed by atoms with Crippen molar-refractivity contribution >= 4 is 5.97 Å². The molecule has 1 unspecified atom stereocenters. The first-order chi connectivity index (χ1) is 21.7. The van der Waals surface area contributed by atoms with Crippen LogP contribution in [0.15, 0.2) is 115 Å². The minimum atomic E-state index is -0.117. The van der Waals surface area contributed by atoms with E-state index in [1.54, 1.807) is 0 Å². The lowest BCUT2D eigenvalue weighted by molar-refractivity contribution is -0.144. The number of ether oxygens (including phenoxy) is 2. The number of unbranched alkanes of at least 4 members (excludes halogenated alkanes) is 1. The predicted octanol–water partition coefficient (Wildman–Crippen LogP) is 9.89. The number of allylic oxidation sites excluding steroid dienone is 10. The molecule has 2 aromatic carbocycles. The average Bonchev–Trinajstić information content (AvgIpc) is 3.04. The van der Waals surface area contributed by atoms with Crippen molar-refractivity contribution in [1.29, 1.82) is 0 Å². The molecule has 1 atom stereocenters. The molecule has 0 bridgehead atoms. The Morgan fingerprint density at radius 3 is 1.91 bits per heavy atom. The molecule has 0 aliphatic carbocycles. The van der Waals surface area contributed by atoms with Crippen LogP contribution in [0.3, 0.4) is 0 Å². The lowest BCUT2D eigenvalue weighted by Gasteiger charge is -2.24. The second-order valence-electron chi connectivity index (χ2n) is 10.8. The number of aryl methyl sites for hydroxylation is 1. The number of rotatable bonds is 23. The van der Waals surface area contributed by atoms with Gasteiger partial charge in [0.25, 0.3) is 0 Å². The fourth-order valence-electron chi connectivity index (χ4n) is 4.70. The standard InChI is InChI=1S/C40H55NO3/c1-4-6-7-8-9-10-11-12-13-14-15-16-17-18-19-20-24-31-39(42)43-34-32-41(5-2)33-35-44-40(37-28-22-21-23-29-37)38-30-26-25-27-36(38)3/h6-7,9-10,12-13,15-16,18-19,21-23,25-30,40H,4-5,8,11,14,17,20,24,31-35H2,1-3H3/b7-6-,10-9-,13-12-,16-15-,19-18-. The number of hydrogen-bond acceptors (Lipinski definition) is 4. The van der Waals surface area contributed by atoms with Gasteiger partial charge >= 0.3 is 5.97 Å². The molecule has 2 aromatic rings. The highest BCUT2D eigenvalue weighted by Crippen LogP contribution is 2.28. The monoisotopic (exact) mass is 597 g/mol. The summed E-state index contributed by atoms with van der Waals surface area (Å²) in [4.78, 5) is 14.5. The minimum absolute atomic E-state index is 0.100. The zero-order valence-electron chi connectivity index (χ0n) is 27.4. The molecule has 2 rings (SSSR count). The SMILES string of the molecule is CC/C=C\C/C=C\C/C=C\C/C=C\C/C=C\CCCC(=O)OCCN(CC)CCOC(c1ccccc1)c1ccccc1C. The van der Waals surface area contributed by atoms with Crippen molar-refractivity contribution in [2.75, 3.05) is 32.8 Å². The van der Waals surface area contributed by atoms with Crippen LogP contribution < -0.4 is 0 Å². The Morgan fingerprint density at radius 2 is 1.30 bits per heavy atom. The van der Waals surface area contributed by atoms with Crippen molar-refractivity contribution < 1.29 is 14.3 Å². The summed E-state index contributed by atoms with van der Waals surface area (Å²) in [6, 6.07) is 18.8. The van der Waals surface area contributed by atoms with Crippen LogP contribution in [-0.4, -0.2) is 43.7 Å². The van der Waals surface area contributed by atoms with Crippen LogP contribution in [0, 0.1) is 6.92 Å². The molecule has 0 aliphatic heterocycles. The van der Waals surface area contributed by atoms with E-state index in [4.69, 9.17) is 9.47 Å². The van der Waals surface area contributed by atoms with E-state index < -0.39 is 0 Å². The van der Waals surface area contributed by atoms with Gasteiger partial charge in [0.1, 0.15) is 12.7 Å². The highest BCUT2D eigenvalue weighted by atomic mass is 16.5. The predicted molar refractivity (Wildman–Crippen MR) is 187 cm³/mol. The first kappa shape index (κ1) is 36.7. The van der Waals surface area contributed by atoms with Gasteiger partial charge in [-0.05, 0) is 75.1 Å². The fourth-order valence-corrected chi connectivity index (χ4v) is 4.70. The highest BCUT2D eigenvalue weighted by Gasteiger charge is 2.17. The third-order valence-corrected chi connectivity index (χ3v) is 7.29. The van der Waals surface area contributed by atoms with Gasteiger partial charge in [-0.3, -0.25) is 9.69 Å². The van der Waals surface area contributed by atoms with Crippen molar-refractivity contribution in [1.82, 2.24) is 4.90 Å². The molecule has 4 nitrogen and oxygen atoms in total. The van der Waals surface area contributed by atoms with Gasteiger partial charge in [-0.15, -0.1) is 0 Å². The number of likely N-dealkylation sites (N-methyl/N-ethyl adjacent to an activating group) is 1. The third-order valence-electron chi connectivity index (χ3n) is 7.29. The van der Waals surface area contributed by atoms with E-state index in [0.29, 0.717) is 26.2 Å². The van der Waals surface area contributed by atoms with E-state index in [2.05, 4.69) is 135 Å². The summed E-state index contributed by atoms with van der Waals surface area (Å²) >= 11 is 0. The normalized spacial score (nSPS) is 13.0. The number of hydrogen-bond donors (Lipinski definition) is 0. The maximum Gasteiger partial charge on any atom is 0.305 e. The summed E-state index contributed by atoms with van der Waals surface area (Å²) in [5.74, 6) is -0.117. The molecule has 0 aliphatic rings. The second kappa shape index (κ2) is 24.9. The highest BCUT2D eigenvalue weighted by molar-refractivity contribution is 5.69. The Hall–Kier alpha value is -3.47. The molecule has 238 valence electrons. The Morgan fingerprint density at radius 1 is 0.727 bits per heavy atom. The van der Waals surface area contributed by atoms with Crippen LogP contribution in [0.2, 0.25) is 0 Å². The van der Waals surface area contributed by atoms with Crippen LogP contribution in [0.4, 0.5) is 0 Å². The number of benzene rings is 2. The van der Waals surface area contributed by atoms with Gasteiger partial charge in [-0.1, -0.05) is 129 Å². The topological polar surface area (TPSA) is 38.8 Å². The number of carbonyl (C=O) groups excluding carboxylic acids is 1. The van der Waals surface area contributed by atoms with Gasteiger partial charge in [0.05, 0.1) is 6.61 Å². The maximum atomic E-state index is 12.2. The molecule has 0 saturated heterocycles. The first-order valence-corrected chi connectivity index (χ1v) is 16.5. The molecular weight excluding hydrogens is 542 g/mol. The van der Waals surface area contributed by atoms with Crippen LogP contribution in [0.25, 0.3) is 0 Å². The summed E-state index contributed by atoms with van der Waals surface area (Å²) in [5, 5.41) is 0. The Bertz CT molecular complexity index is 1160. The van der Waals surface area contributed by atoms with Gasteiger partial charge in [-0.25, -0.2) is 0 Å². The van der Waals surface area contributed by atoms with Crippen molar-refractivity contribution in [2.24, 2.45) is 0 Å². The lowest BCUT2D eigenvalue weighted by Crippen LogP contribution is -2.32. The van der Waals surface area contributed by atoms with Crippen molar-refractivity contribution in [3.8, 4) is 0 Å². The molecule has 0 heterocycles. The molecule has 0 radical (unpaired) electrons. The summed E-state index contributed by atoms with van der Waals surface area (Å²) < 4.78 is 11.9. The minimum Gasteiger partial charge on any atom is -0.464 e. The van der Waals surface area contributed by atoms with Crippen LogP contribution in [-0.2, 0) is 14.3 Å². The first-order valence-electron chi connectivity index (χ1n) is 16.5. The molecule has 0 amide bonds. The molecule has 0 aromatic heterocycles. The summed E-state index contributed by atoms with van der Waals surface area (Å²) in [6.45, 7) is 9.80. The van der Waals surface area contributed by atoms with E-state index >= 15 is 0 Å². The molecule has 0 fully saturated rings. The zero-order chi connectivity index (χ0) is 31.5. The van der Waals surface area contributed by atoms with Crippen molar-refractivity contribution in [2.45, 2.75) is 78.2 Å². The number of carbonyl (C=O) groups is 1. The van der Waals surface area contributed by atoms with E-state index in [9.17, 15) is 4.79 Å². The van der Waals surface area contributed by atoms with Gasteiger partial charge in [0.15, 0.2) is 0 Å². The molecular formula is C40H55NO3. The lowest BCUT2D eigenvalue weighted by atomic mass is 9.97. The number of nitrogens with zero attached hydrogens (tertiary/aromatic N) is 1. The van der Waals surface area contributed by atoms with Crippen LogP contribution >= 0.6 is 0 Å². The Labute approximate surface area is 267 Å². The van der Waals surface area contributed by atoms with E-state index in [0.717, 1.165) is 63.6 Å². The van der Waals surface area contributed by atoms with E-state index in [1.807, 2.05) is 6.07 Å². The molecule has 0 saturated carbocycles. The maximum absolute atomic E-state index is 12.2. The molecule has 44 heavy (non-hydrogen) atoms. The van der Waals surface area contributed by atoms with Gasteiger partial charge < -0.3 is 9.47 Å². The van der Waals surface area contributed by atoms with Gasteiger partial charge in [0.2, 0.25) is 0 Å². The van der Waals surface area contributed by atoms with Crippen molar-refractivity contribution in [3.05, 3.63) is 132 Å². The van der Waals surface area contributed by atoms with Crippen LogP contribution in [0.5, 0.6) is 0 Å². The third kappa shape index (κ3) is 17.0. The average molecular weight is 598 g/mol. The van der Waals surface area contributed by atoms with Crippen LogP contribution in [0.1, 0.15) is 88.0 Å². The Kier molecular flexibility index (Phi) is 20.8. The zero-order valence-corrected chi connectivity index (χ0v) is 27.4. The van der Waals surface area contributed by atoms with Gasteiger partial charge in [0, 0.05) is 19.5 Å². The molecule has 0 spiro atoms. The fraction of sp³-hybridized carbons (Fsp3) is 0.425. The molecule has 0 N–H and O–H groups in total.